The van der Waals surface area contributed by atoms with Gasteiger partial charge >= 0.3 is 0 Å². The number of halogens is 1. The minimum atomic E-state index is -0.116. The molecule has 0 unspecified atom stereocenters. The Hall–Kier alpha value is -2.27. The van der Waals surface area contributed by atoms with Crippen molar-refractivity contribution in [3.63, 3.8) is 0 Å². The number of rotatable bonds is 4. The molecule has 2 aromatic rings. The standard InChI is InChI=1S/C18H19ClN2O3/c19-16-3-1-2-14(10-16)17(22)20-11-13-4-7-21(8-5-13)18(23)15-6-9-24-12-15/h1-3,6,9-10,12-13H,4-5,7-8,11H2,(H,20,22). The molecule has 126 valence electrons. The highest BCUT2D eigenvalue weighted by Gasteiger charge is 2.24. The molecule has 0 aliphatic carbocycles. The van der Waals surface area contributed by atoms with E-state index < -0.39 is 0 Å². The third kappa shape index (κ3) is 3.97. The molecule has 1 N–H and O–H groups in total. The number of hydrogen-bond acceptors (Lipinski definition) is 3. The van der Waals surface area contributed by atoms with Crippen molar-refractivity contribution in [3.05, 3.63) is 59.0 Å². The molecule has 1 fully saturated rings. The van der Waals surface area contributed by atoms with Gasteiger partial charge in [0, 0.05) is 30.2 Å². The summed E-state index contributed by atoms with van der Waals surface area (Å²) >= 11 is 5.90. The van der Waals surface area contributed by atoms with E-state index in [1.54, 1.807) is 30.3 Å². The van der Waals surface area contributed by atoms with Gasteiger partial charge in [0.2, 0.25) is 0 Å². The third-order valence-electron chi connectivity index (χ3n) is 4.31. The second kappa shape index (κ2) is 7.53. The smallest absolute Gasteiger partial charge is 0.257 e. The van der Waals surface area contributed by atoms with E-state index in [1.807, 2.05) is 4.90 Å². The minimum absolute atomic E-state index is 0.00478. The lowest BCUT2D eigenvalue weighted by Crippen LogP contribution is -2.41. The van der Waals surface area contributed by atoms with Crippen molar-refractivity contribution in [3.8, 4) is 0 Å². The summed E-state index contributed by atoms with van der Waals surface area (Å²) in [7, 11) is 0. The molecule has 1 aliphatic rings. The van der Waals surface area contributed by atoms with Crippen molar-refractivity contribution in [2.24, 2.45) is 5.92 Å². The van der Waals surface area contributed by atoms with E-state index in [0.717, 1.165) is 12.8 Å². The normalized spacial score (nSPS) is 15.3. The van der Waals surface area contributed by atoms with E-state index in [2.05, 4.69) is 5.32 Å². The summed E-state index contributed by atoms with van der Waals surface area (Å²) in [6, 6.07) is 8.58. The summed E-state index contributed by atoms with van der Waals surface area (Å²) in [5, 5.41) is 3.50. The van der Waals surface area contributed by atoms with E-state index in [9.17, 15) is 9.59 Å². The van der Waals surface area contributed by atoms with Gasteiger partial charge in [-0.1, -0.05) is 17.7 Å². The van der Waals surface area contributed by atoms with Gasteiger partial charge < -0.3 is 14.6 Å². The lowest BCUT2D eigenvalue weighted by atomic mass is 9.96. The van der Waals surface area contributed by atoms with E-state index in [-0.39, 0.29) is 11.8 Å². The van der Waals surface area contributed by atoms with E-state index in [4.69, 9.17) is 16.0 Å². The van der Waals surface area contributed by atoms with Gasteiger partial charge in [-0.2, -0.15) is 0 Å². The number of likely N-dealkylation sites (tertiary alicyclic amines) is 1. The molecular formula is C18H19ClN2O3. The van der Waals surface area contributed by atoms with Crippen LogP contribution in [0.3, 0.4) is 0 Å². The molecule has 2 amide bonds. The maximum absolute atomic E-state index is 12.2. The Morgan fingerprint density at radius 2 is 2.00 bits per heavy atom. The fraction of sp³-hybridized carbons (Fsp3) is 0.333. The molecule has 1 aromatic carbocycles. The number of amides is 2. The average molecular weight is 347 g/mol. The molecule has 3 rings (SSSR count). The van der Waals surface area contributed by atoms with Crippen LogP contribution in [0.25, 0.3) is 0 Å². The van der Waals surface area contributed by atoms with Crippen molar-refractivity contribution in [1.29, 1.82) is 0 Å². The number of furan rings is 1. The first kappa shape index (κ1) is 16.6. The molecule has 24 heavy (non-hydrogen) atoms. The predicted molar refractivity (Wildman–Crippen MR) is 91.1 cm³/mol. The first-order valence-corrected chi connectivity index (χ1v) is 8.36. The molecule has 0 bridgehead atoms. The van der Waals surface area contributed by atoms with Crippen LogP contribution in [0.2, 0.25) is 5.02 Å². The van der Waals surface area contributed by atoms with Crippen LogP contribution in [-0.2, 0) is 0 Å². The zero-order valence-corrected chi connectivity index (χ0v) is 14.0. The monoisotopic (exact) mass is 346 g/mol. The fourth-order valence-electron chi connectivity index (χ4n) is 2.88. The van der Waals surface area contributed by atoms with Gasteiger partial charge in [0.25, 0.3) is 11.8 Å². The Kier molecular flexibility index (Phi) is 5.20. The van der Waals surface area contributed by atoms with E-state index in [0.29, 0.717) is 41.7 Å². The average Bonchev–Trinajstić information content (AvgIpc) is 3.14. The van der Waals surface area contributed by atoms with Crippen LogP contribution in [-0.4, -0.2) is 36.3 Å². The van der Waals surface area contributed by atoms with Gasteiger partial charge in [0.05, 0.1) is 11.8 Å². The summed E-state index contributed by atoms with van der Waals surface area (Å²) < 4.78 is 4.96. The lowest BCUT2D eigenvalue weighted by molar-refractivity contribution is 0.0683. The summed E-state index contributed by atoms with van der Waals surface area (Å²) in [5.41, 5.74) is 1.15. The summed E-state index contributed by atoms with van der Waals surface area (Å²) in [6.07, 6.45) is 4.73. The van der Waals surface area contributed by atoms with Gasteiger partial charge in [-0.15, -0.1) is 0 Å². The second-order valence-corrected chi connectivity index (χ2v) is 6.40. The fourth-order valence-corrected chi connectivity index (χ4v) is 3.07. The van der Waals surface area contributed by atoms with Crippen LogP contribution >= 0.6 is 11.6 Å². The summed E-state index contributed by atoms with van der Waals surface area (Å²) in [4.78, 5) is 26.2. The van der Waals surface area contributed by atoms with Crippen LogP contribution < -0.4 is 5.32 Å². The topological polar surface area (TPSA) is 62.6 Å². The molecule has 1 saturated heterocycles. The van der Waals surface area contributed by atoms with Gasteiger partial charge in [-0.25, -0.2) is 0 Å². The number of hydrogen-bond donors (Lipinski definition) is 1. The van der Waals surface area contributed by atoms with E-state index >= 15 is 0 Å². The first-order valence-electron chi connectivity index (χ1n) is 7.99. The molecule has 0 atom stereocenters. The van der Waals surface area contributed by atoms with Crippen LogP contribution in [0.1, 0.15) is 33.6 Å². The number of nitrogens with zero attached hydrogens (tertiary/aromatic N) is 1. The van der Waals surface area contributed by atoms with Gasteiger partial charge in [-0.3, -0.25) is 9.59 Å². The van der Waals surface area contributed by atoms with Crippen LogP contribution in [0, 0.1) is 5.92 Å². The molecule has 6 heteroatoms. The molecule has 5 nitrogen and oxygen atoms in total. The highest BCUT2D eigenvalue weighted by molar-refractivity contribution is 6.30. The van der Waals surface area contributed by atoms with Crippen molar-refractivity contribution in [2.75, 3.05) is 19.6 Å². The summed E-state index contributed by atoms with van der Waals surface area (Å²) in [5.74, 6) is 0.265. The van der Waals surface area contributed by atoms with Crippen molar-refractivity contribution in [1.82, 2.24) is 10.2 Å². The predicted octanol–water partition coefficient (Wildman–Crippen LogP) is 3.22. The van der Waals surface area contributed by atoms with Crippen LogP contribution in [0.15, 0.2) is 47.3 Å². The number of nitrogens with one attached hydrogen (secondary N) is 1. The molecule has 0 spiro atoms. The maximum Gasteiger partial charge on any atom is 0.257 e. The number of carbonyl (C=O) groups is 2. The molecule has 0 saturated carbocycles. The largest absolute Gasteiger partial charge is 0.472 e. The van der Waals surface area contributed by atoms with Crippen molar-refractivity contribution >= 4 is 23.4 Å². The third-order valence-corrected chi connectivity index (χ3v) is 4.54. The molecule has 2 heterocycles. The molecule has 1 aliphatic heterocycles. The number of benzene rings is 1. The lowest BCUT2D eigenvalue weighted by Gasteiger charge is -2.31. The Labute approximate surface area is 145 Å². The highest BCUT2D eigenvalue weighted by atomic mass is 35.5. The van der Waals surface area contributed by atoms with E-state index in [1.165, 1.54) is 12.5 Å². The SMILES string of the molecule is O=C(NCC1CCN(C(=O)c2ccoc2)CC1)c1cccc(Cl)c1. The Balaban J connectivity index is 1.46. The Bertz CT molecular complexity index is 707. The molecule has 0 radical (unpaired) electrons. The zero-order chi connectivity index (χ0) is 16.9. The van der Waals surface area contributed by atoms with Crippen LogP contribution in [0.4, 0.5) is 0 Å². The number of piperidine rings is 1. The Morgan fingerprint density at radius 1 is 1.21 bits per heavy atom. The quantitative estimate of drug-likeness (QED) is 0.924. The van der Waals surface area contributed by atoms with Crippen LogP contribution in [0.5, 0.6) is 0 Å². The van der Waals surface area contributed by atoms with Crippen molar-refractivity contribution < 1.29 is 14.0 Å². The van der Waals surface area contributed by atoms with Gasteiger partial charge in [0.15, 0.2) is 0 Å². The van der Waals surface area contributed by atoms with Gasteiger partial charge in [0.1, 0.15) is 6.26 Å². The summed E-state index contributed by atoms with van der Waals surface area (Å²) in [6.45, 7) is 2.00. The van der Waals surface area contributed by atoms with Crippen molar-refractivity contribution in [2.45, 2.75) is 12.8 Å². The highest BCUT2D eigenvalue weighted by Crippen LogP contribution is 2.19. The maximum atomic E-state index is 12.2. The first-order chi connectivity index (χ1) is 11.6. The molecular weight excluding hydrogens is 328 g/mol. The number of carbonyl (C=O) groups excluding carboxylic acids is 2. The zero-order valence-electron chi connectivity index (χ0n) is 13.2. The second-order valence-electron chi connectivity index (χ2n) is 5.97. The minimum Gasteiger partial charge on any atom is -0.472 e. The van der Waals surface area contributed by atoms with Gasteiger partial charge in [-0.05, 0) is 43.0 Å². The Morgan fingerprint density at radius 3 is 2.67 bits per heavy atom. The molecule has 1 aromatic heterocycles.